The van der Waals surface area contributed by atoms with E-state index in [4.69, 9.17) is 4.99 Å². The Bertz CT molecular complexity index is 496. The zero-order valence-corrected chi connectivity index (χ0v) is 13.7. The van der Waals surface area contributed by atoms with Crippen molar-refractivity contribution in [1.29, 1.82) is 0 Å². The van der Waals surface area contributed by atoms with E-state index in [1.165, 1.54) is 24.2 Å². The molecule has 1 aromatic rings. The summed E-state index contributed by atoms with van der Waals surface area (Å²) in [6.07, 6.45) is 3.82. The third-order valence-electron chi connectivity index (χ3n) is 4.19. The maximum Gasteiger partial charge on any atom is 0.191 e. The SMILES string of the molecule is CCNC(=NCC1(Sc2ccccc2)CC1)NC1CC1C. The van der Waals surface area contributed by atoms with Crippen LogP contribution < -0.4 is 10.6 Å². The number of benzene rings is 1. The lowest BCUT2D eigenvalue weighted by Gasteiger charge is -2.15. The number of hydrogen-bond acceptors (Lipinski definition) is 2. The van der Waals surface area contributed by atoms with E-state index in [0.717, 1.165) is 25.0 Å². The van der Waals surface area contributed by atoms with Crippen LogP contribution in [0.2, 0.25) is 0 Å². The number of nitrogens with zero attached hydrogens (tertiary/aromatic N) is 1. The van der Waals surface area contributed by atoms with E-state index in [0.29, 0.717) is 10.8 Å². The highest BCUT2D eigenvalue weighted by atomic mass is 32.2. The first kappa shape index (κ1) is 14.8. The zero-order chi connectivity index (χ0) is 14.7. The Hall–Kier alpha value is -1.16. The van der Waals surface area contributed by atoms with Crippen LogP contribution in [0.5, 0.6) is 0 Å². The van der Waals surface area contributed by atoms with Crippen molar-refractivity contribution in [3.8, 4) is 0 Å². The Balaban J connectivity index is 1.57. The second-order valence-electron chi connectivity index (χ2n) is 6.26. The van der Waals surface area contributed by atoms with Crippen LogP contribution in [0.3, 0.4) is 0 Å². The lowest BCUT2D eigenvalue weighted by Crippen LogP contribution is -2.39. The minimum atomic E-state index is 0.332. The molecule has 0 spiro atoms. The average Bonchev–Trinajstić information content (AvgIpc) is 3.39. The highest BCUT2D eigenvalue weighted by Crippen LogP contribution is 2.51. The fourth-order valence-corrected chi connectivity index (χ4v) is 3.64. The molecule has 4 heteroatoms. The molecule has 21 heavy (non-hydrogen) atoms. The van der Waals surface area contributed by atoms with Gasteiger partial charge >= 0.3 is 0 Å². The van der Waals surface area contributed by atoms with Crippen LogP contribution in [0.25, 0.3) is 0 Å². The summed E-state index contributed by atoms with van der Waals surface area (Å²) in [5.41, 5.74) is 0. The van der Waals surface area contributed by atoms with Crippen molar-refractivity contribution in [2.45, 2.75) is 48.8 Å². The van der Waals surface area contributed by atoms with Crippen molar-refractivity contribution in [2.75, 3.05) is 13.1 Å². The van der Waals surface area contributed by atoms with Gasteiger partial charge in [-0.2, -0.15) is 0 Å². The third kappa shape index (κ3) is 4.16. The molecule has 2 aliphatic carbocycles. The Morgan fingerprint density at radius 1 is 1.33 bits per heavy atom. The number of aliphatic imine (C=N–C) groups is 1. The van der Waals surface area contributed by atoms with Crippen LogP contribution in [-0.4, -0.2) is 29.8 Å². The molecule has 2 fully saturated rings. The minimum absolute atomic E-state index is 0.332. The molecule has 0 heterocycles. The van der Waals surface area contributed by atoms with Gasteiger partial charge in [-0.05, 0) is 44.2 Å². The standard InChI is InChI=1S/C17H25N3S/c1-3-18-16(20-15-11-13(15)2)19-12-17(9-10-17)21-14-7-5-4-6-8-14/h4-8,13,15H,3,9-12H2,1-2H3,(H2,18,19,20). The van der Waals surface area contributed by atoms with E-state index < -0.39 is 0 Å². The molecule has 0 aliphatic heterocycles. The Labute approximate surface area is 132 Å². The second kappa shape index (κ2) is 6.30. The molecule has 3 rings (SSSR count). The molecule has 0 bridgehead atoms. The maximum atomic E-state index is 4.83. The summed E-state index contributed by atoms with van der Waals surface area (Å²) < 4.78 is 0.332. The minimum Gasteiger partial charge on any atom is -0.357 e. The fraction of sp³-hybridized carbons (Fsp3) is 0.588. The van der Waals surface area contributed by atoms with E-state index in [2.05, 4.69) is 54.8 Å². The average molecular weight is 303 g/mol. The molecule has 114 valence electrons. The van der Waals surface area contributed by atoms with E-state index >= 15 is 0 Å². The van der Waals surface area contributed by atoms with E-state index in [1.807, 2.05) is 11.8 Å². The highest BCUT2D eigenvalue weighted by Gasteiger charge is 2.43. The number of hydrogen-bond donors (Lipinski definition) is 2. The first-order valence-corrected chi connectivity index (χ1v) is 8.81. The topological polar surface area (TPSA) is 36.4 Å². The summed E-state index contributed by atoms with van der Waals surface area (Å²) in [7, 11) is 0. The number of rotatable bonds is 6. The van der Waals surface area contributed by atoms with E-state index in [-0.39, 0.29) is 0 Å². The molecule has 0 amide bonds. The zero-order valence-electron chi connectivity index (χ0n) is 12.9. The number of nitrogens with one attached hydrogen (secondary N) is 2. The van der Waals surface area contributed by atoms with Crippen molar-refractivity contribution in [1.82, 2.24) is 10.6 Å². The van der Waals surface area contributed by atoms with Gasteiger partial charge in [-0.25, -0.2) is 0 Å². The summed E-state index contributed by atoms with van der Waals surface area (Å²) in [5, 5.41) is 6.90. The summed E-state index contributed by atoms with van der Waals surface area (Å²) in [5.74, 6) is 1.79. The van der Waals surface area contributed by atoms with Crippen molar-refractivity contribution in [2.24, 2.45) is 10.9 Å². The quantitative estimate of drug-likeness (QED) is 0.625. The lowest BCUT2D eigenvalue weighted by molar-refractivity contribution is 0.760. The van der Waals surface area contributed by atoms with E-state index in [9.17, 15) is 0 Å². The van der Waals surface area contributed by atoms with E-state index in [1.54, 1.807) is 0 Å². The van der Waals surface area contributed by atoms with Crippen LogP contribution in [0.1, 0.15) is 33.1 Å². The summed E-state index contributed by atoms with van der Waals surface area (Å²) in [6.45, 7) is 6.24. The Morgan fingerprint density at radius 2 is 2.05 bits per heavy atom. The third-order valence-corrected chi connectivity index (χ3v) is 5.66. The van der Waals surface area contributed by atoms with Crippen LogP contribution in [-0.2, 0) is 0 Å². The molecule has 3 nitrogen and oxygen atoms in total. The molecule has 2 N–H and O–H groups in total. The van der Waals surface area contributed by atoms with Gasteiger partial charge in [0.1, 0.15) is 0 Å². The van der Waals surface area contributed by atoms with Gasteiger partial charge in [-0.15, -0.1) is 11.8 Å². The second-order valence-corrected chi connectivity index (χ2v) is 7.80. The molecule has 2 aliphatic rings. The molecular weight excluding hydrogens is 278 g/mol. The predicted octanol–water partition coefficient (Wildman–Crippen LogP) is 3.27. The van der Waals surface area contributed by atoms with Crippen LogP contribution in [0.15, 0.2) is 40.2 Å². The van der Waals surface area contributed by atoms with Crippen molar-refractivity contribution >= 4 is 17.7 Å². The summed E-state index contributed by atoms with van der Waals surface area (Å²) in [4.78, 5) is 6.19. The molecule has 2 unspecified atom stereocenters. The molecule has 1 aromatic carbocycles. The Kier molecular flexibility index (Phi) is 4.43. The van der Waals surface area contributed by atoms with Crippen molar-refractivity contribution in [3.05, 3.63) is 30.3 Å². The monoisotopic (exact) mass is 303 g/mol. The largest absolute Gasteiger partial charge is 0.357 e. The van der Waals surface area contributed by atoms with Gasteiger partial charge < -0.3 is 10.6 Å². The van der Waals surface area contributed by atoms with Crippen LogP contribution in [0, 0.1) is 5.92 Å². The van der Waals surface area contributed by atoms with Gasteiger partial charge in [0.2, 0.25) is 0 Å². The molecule has 2 saturated carbocycles. The highest BCUT2D eigenvalue weighted by molar-refractivity contribution is 8.01. The fourth-order valence-electron chi connectivity index (χ4n) is 2.41. The Morgan fingerprint density at radius 3 is 2.62 bits per heavy atom. The molecule has 0 radical (unpaired) electrons. The molecular formula is C17H25N3S. The lowest BCUT2D eigenvalue weighted by atomic mass is 10.4. The van der Waals surface area contributed by atoms with Crippen molar-refractivity contribution in [3.63, 3.8) is 0 Å². The van der Waals surface area contributed by atoms with Gasteiger partial charge in [0.25, 0.3) is 0 Å². The maximum absolute atomic E-state index is 4.83. The van der Waals surface area contributed by atoms with Gasteiger partial charge in [0.05, 0.1) is 6.54 Å². The predicted molar refractivity (Wildman–Crippen MR) is 90.9 cm³/mol. The smallest absolute Gasteiger partial charge is 0.191 e. The summed E-state index contributed by atoms with van der Waals surface area (Å²) >= 11 is 1.99. The first-order valence-electron chi connectivity index (χ1n) is 8.00. The summed E-state index contributed by atoms with van der Waals surface area (Å²) in [6, 6.07) is 11.3. The van der Waals surface area contributed by atoms with Gasteiger partial charge in [0.15, 0.2) is 5.96 Å². The molecule has 0 saturated heterocycles. The number of guanidine groups is 1. The van der Waals surface area contributed by atoms with Crippen LogP contribution >= 0.6 is 11.8 Å². The van der Waals surface area contributed by atoms with Gasteiger partial charge in [-0.1, -0.05) is 25.1 Å². The molecule has 0 aromatic heterocycles. The van der Waals surface area contributed by atoms with Gasteiger partial charge in [-0.3, -0.25) is 4.99 Å². The first-order chi connectivity index (χ1) is 10.2. The normalized spacial score (nSPS) is 26.3. The number of thioether (sulfide) groups is 1. The van der Waals surface area contributed by atoms with Crippen molar-refractivity contribution < 1.29 is 0 Å². The molecule has 2 atom stereocenters. The van der Waals surface area contributed by atoms with Gasteiger partial charge in [0, 0.05) is 22.2 Å². The van der Waals surface area contributed by atoms with Crippen LogP contribution in [0.4, 0.5) is 0 Å².